The maximum atomic E-state index is 12.9. The Morgan fingerprint density at radius 1 is 1.03 bits per heavy atom. The number of nitrogens with one attached hydrogen (secondary N) is 1. The van der Waals surface area contributed by atoms with E-state index in [0.717, 1.165) is 18.4 Å². The molecule has 168 valence electrons. The number of hydrogen-bond donors (Lipinski definition) is 1. The molecule has 0 saturated carbocycles. The summed E-state index contributed by atoms with van der Waals surface area (Å²) in [5.41, 5.74) is 2.24. The van der Waals surface area contributed by atoms with Gasteiger partial charge in [-0.2, -0.15) is 4.31 Å². The second-order valence-electron chi connectivity index (χ2n) is 8.07. The number of aryl methyl sites for hydroxylation is 1. The number of carbonyl (C=O) groups excluding carboxylic acids is 3. The second kappa shape index (κ2) is 8.84. The number of nitrogens with zero attached hydrogens (tertiary/aromatic N) is 2. The van der Waals surface area contributed by atoms with Crippen LogP contribution in [0.2, 0.25) is 0 Å². The Morgan fingerprint density at radius 3 is 2.50 bits per heavy atom. The quantitative estimate of drug-likeness (QED) is 0.675. The Labute approximate surface area is 187 Å². The predicted octanol–water partition coefficient (Wildman–Crippen LogP) is 2.59. The van der Waals surface area contributed by atoms with Crippen molar-refractivity contribution in [2.45, 2.75) is 37.5 Å². The molecule has 0 aliphatic carbocycles. The number of Topliss-reactive ketones (excluding diaryl/α,β-unsaturated/α-hetero) is 1. The highest BCUT2D eigenvalue weighted by atomic mass is 32.2. The third kappa shape index (κ3) is 4.44. The molecule has 32 heavy (non-hydrogen) atoms. The standard InChI is InChI=1S/C23H25N3O5S/c1-16(27)17-5-4-6-19(13-17)24-22(28)15-26-21-9-8-20(14-18(21)7-10-23(26)29)32(30,31)25-11-2-3-12-25/h4-6,8-9,13-14H,2-3,7,10-12,15H2,1H3,(H,24,28). The van der Waals surface area contributed by atoms with Gasteiger partial charge in [-0.1, -0.05) is 12.1 Å². The van der Waals surface area contributed by atoms with E-state index in [0.29, 0.717) is 36.4 Å². The summed E-state index contributed by atoms with van der Waals surface area (Å²) >= 11 is 0. The van der Waals surface area contributed by atoms with Gasteiger partial charge in [0.2, 0.25) is 21.8 Å². The summed E-state index contributed by atoms with van der Waals surface area (Å²) in [5, 5.41) is 2.72. The maximum Gasteiger partial charge on any atom is 0.244 e. The first kappa shape index (κ1) is 22.2. The van der Waals surface area contributed by atoms with Gasteiger partial charge < -0.3 is 10.2 Å². The van der Waals surface area contributed by atoms with Crippen LogP contribution in [0.3, 0.4) is 0 Å². The lowest BCUT2D eigenvalue weighted by Crippen LogP contribution is -2.41. The zero-order chi connectivity index (χ0) is 22.9. The van der Waals surface area contributed by atoms with Crippen LogP contribution in [0.25, 0.3) is 0 Å². The Morgan fingerprint density at radius 2 is 1.78 bits per heavy atom. The van der Waals surface area contributed by atoms with Gasteiger partial charge in [-0.15, -0.1) is 0 Å². The molecular weight excluding hydrogens is 430 g/mol. The molecule has 2 heterocycles. The molecular formula is C23H25N3O5S. The van der Waals surface area contributed by atoms with Gasteiger partial charge in [0, 0.05) is 36.4 Å². The van der Waals surface area contributed by atoms with Gasteiger partial charge in [-0.05, 0) is 62.1 Å². The van der Waals surface area contributed by atoms with Crippen LogP contribution < -0.4 is 10.2 Å². The number of sulfonamides is 1. The van der Waals surface area contributed by atoms with Gasteiger partial charge in [-0.25, -0.2) is 8.42 Å². The van der Waals surface area contributed by atoms with Gasteiger partial charge in [0.05, 0.1) is 4.90 Å². The van der Waals surface area contributed by atoms with Crippen LogP contribution in [-0.4, -0.2) is 50.0 Å². The molecule has 0 aromatic heterocycles. The van der Waals surface area contributed by atoms with E-state index in [1.54, 1.807) is 36.4 Å². The van der Waals surface area contributed by atoms with Gasteiger partial charge in [0.25, 0.3) is 0 Å². The minimum atomic E-state index is -3.56. The SMILES string of the molecule is CC(=O)c1cccc(NC(=O)CN2C(=O)CCc3cc(S(=O)(=O)N4CCCC4)ccc32)c1. The summed E-state index contributed by atoms with van der Waals surface area (Å²) in [6, 6.07) is 11.3. The van der Waals surface area contributed by atoms with E-state index in [1.165, 1.54) is 22.2 Å². The van der Waals surface area contributed by atoms with Crippen molar-refractivity contribution >= 4 is 39.0 Å². The number of amides is 2. The van der Waals surface area contributed by atoms with E-state index >= 15 is 0 Å². The molecule has 2 amide bonds. The van der Waals surface area contributed by atoms with Gasteiger partial charge in [-0.3, -0.25) is 14.4 Å². The lowest BCUT2D eigenvalue weighted by atomic mass is 10.0. The molecule has 4 rings (SSSR count). The Kier molecular flexibility index (Phi) is 6.12. The van der Waals surface area contributed by atoms with E-state index in [4.69, 9.17) is 0 Å². The molecule has 0 atom stereocenters. The van der Waals surface area contributed by atoms with Crippen LogP contribution >= 0.6 is 0 Å². The maximum absolute atomic E-state index is 12.9. The molecule has 1 saturated heterocycles. The highest BCUT2D eigenvalue weighted by Gasteiger charge is 2.31. The van der Waals surface area contributed by atoms with Crippen molar-refractivity contribution in [3.05, 3.63) is 53.6 Å². The number of benzene rings is 2. The van der Waals surface area contributed by atoms with Gasteiger partial charge in [0.15, 0.2) is 5.78 Å². The van der Waals surface area contributed by atoms with Crippen molar-refractivity contribution in [1.29, 1.82) is 0 Å². The van der Waals surface area contributed by atoms with E-state index in [1.807, 2.05) is 0 Å². The average molecular weight is 456 g/mol. The fourth-order valence-corrected chi connectivity index (χ4v) is 5.68. The van der Waals surface area contributed by atoms with Crippen LogP contribution in [0.1, 0.15) is 42.1 Å². The molecule has 1 N–H and O–H groups in total. The second-order valence-corrected chi connectivity index (χ2v) is 10.0. The lowest BCUT2D eigenvalue weighted by Gasteiger charge is -2.29. The highest BCUT2D eigenvalue weighted by Crippen LogP contribution is 2.31. The minimum Gasteiger partial charge on any atom is -0.325 e. The molecule has 0 bridgehead atoms. The molecule has 0 radical (unpaired) electrons. The van der Waals surface area contributed by atoms with E-state index < -0.39 is 15.9 Å². The summed E-state index contributed by atoms with van der Waals surface area (Å²) in [6.07, 6.45) is 2.34. The lowest BCUT2D eigenvalue weighted by molar-refractivity contribution is -0.121. The molecule has 0 unspecified atom stereocenters. The third-order valence-corrected chi connectivity index (χ3v) is 7.70. The number of rotatable bonds is 6. The van der Waals surface area contributed by atoms with Crippen molar-refractivity contribution < 1.29 is 22.8 Å². The molecule has 0 spiro atoms. The molecule has 1 fully saturated rings. The zero-order valence-electron chi connectivity index (χ0n) is 17.8. The largest absolute Gasteiger partial charge is 0.325 e. The zero-order valence-corrected chi connectivity index (χ0v) is 18.7. The Hall–Kier alpha value is -3.04. The average Bonchev–Trinajstić information content (AvgIpc) is 3.31. The summed E-state index contributed by atoms with van der Waals surface area (Å²) in [6.45, 7) is 2.29. The molecule has 9 heteroatoms. The van der Waals surface area contributed by atoms with E-state index in [-0.39, 0.29) is 29.6 Å². The van der Waals surface area contributed by atoms with Crippen LogP contribution in [0.4, 0.5) is 11.4 Å². The topological polar surface area (TPSA) is 104 Å². The van der Waals surface area contributed by atoms with E-state index in [2.05, 4.69) is 5.32 Å². The summed E-state index contributed by atoms with van der Waals surface area (Å²) in [5.74, 6) is -0.707. The number of hydrogen-bond acceptors (Lipinski definition) is 5. The highest BCUT2D eigenvalue weighted by molar-refractivity contribution is 7.89. The van der Waals surface area contributed by atoms with Gasteiger partial charge in [0.1, 0.15) is 6.54 Å². The molecule has 2 aromatic carbocycles. The van der Waals surface area contributed by atoms with Gasteiger partial charge >= 0.3 is 0 Å². The van der Waals surface area contributed by atoms with Crippen LogP contribution in [0.15, 0.2) is 47.4 Å². The Bertz CT molecular complexity index is 1190. The van der Waals surface area contributed by atoms with Crippen LogP contribution in [0, 0.1) is 0 Å². The normalized spacial score (nSPS) is 16.7. The van der Waals surface area contributed by atoms with Crippen molar-refractivity contribution in [3.63, 3.8) is 0 Å². The number of ketones is 1. The smallest absolute Gasteiger partial charge is 0.244 e. The fraction of sp³-hybridized carbons (Fsp3) is 0.348. The van der Waals surface area contributed by atoms with E-state index in [9.17, 15) is 22.8 Å². The summed E-state index contributed by atoms with van der Waals surface area (Å²) in [7, 11) is -3.56. The first-order valence-electron chi connectivity index (χ1n) is 10.6. The number of anilines is 2. The minimum absolute atomic E-state index is 0.110. The monoisotopic (exact) mass is 455 g/mol. The third-order valence-electron chi connectivity index (χ3n) is 5.81. The van der Waals surface area contributed by atoms with Crippen molar-refractivity contribution in [2.75, 3.05) is 29.9 Å². The predicted molar refractivity (Wildman–Crippen MR) is 120 cm³/mol. The molecule has 2 aromatic rings. The molecule has 8 nitrogen and oxygen atoms in total. The Balaban J connectivity index is 1.53. The van der Waals surface area contributed by atoms with Crippen LogP contribution in [-0.2, 0) is 26.0 Å². The van der Waals surface area contributed by atoms with Crippen molar-refractivity contribution in [3.8, 4) is 0 Å². The first-order chi connectivity index (χ1) is 15.3. The van der Waals surface area contributed by atoms with Crippen molar-refractivity contribution in [1.82, 2.24) is 4.31 Å². The van der Waals surface area contributed by atoms with Crippen molar-refractivity contribution in [2.24, 2.45) is 0 Å². The first-order valence-corrected chi connectivity index (χ1v) is 12.0. The number of fused-ring (bicyclic) bond motifs is 1. The fourth-order valence-electron chi connectivity index (χ4n) is 4.11. The summed E-state index contributed by atoms with van der Waals surface area (Å²) in [4.78, 5) is 38.3. The molecule has 2 aliphatic rings. The molecule has 2 aliphatic heterocycles. The number of carbonyl (C=O) groups is 3. The van der Waals surface area contributed by atoms with Crippen LogP contribution in [0.5, 0.6) is 0 Å². The summed E-state index contributed by atoms with van der Waals surface area (Å²) < 4.78 is 27.2.